The number of carbonyl (C=O) groups excluding carboxylic acids is 4. The molecule has 0 aromatic heterocycles. The van der Waals surface area contributed by atoms with E-state index in [1.807, 2.05) is 0 Å². The Morgan fingerprint density at radius 2 is 1.53 bits per heavy atom. The molecule has 0 saturated heterocycles. The van der Waals surface area contributed by atoms with E-state index in [1.54, 1.807) is 0 Å². The number of carboxylic acid groups (broad SMARTS) is 1. The van der Waals surface area contributed by atoms with E-state index in [1.165, 1.54) is 31.2 Å². The first-order valence-electron chi connectivity index (χ1n) is 9.50. The van der Waals surface area contributed by atoms with Crippen molar-refractivity contribution in [2.45, 2.75) is 44.0 Å². The van der Waals surface area contributed by atoms with Crippen LogP contribution in [-0.2, 0) is 30.4 Å². The standard InChI is InChI=1S/C19H27N5O8/c1-9(25)16(21)19(32)24-13(7-14(20)27)18(31)23-12(17(30)22-8-15(28)29)6-10-2-4-11(26)5-3-10/h2-5,9,12-13,16,25-26H,6-8,21H2,1H3,(H2,20,27)(H,22,30)(H,23,31)(H,24,32)(H,28,29). The molecule has 0 radical (unpaired) electrons. The van der Waals surface area contributed by atoms with E-state index in [0.717, 1.165) is 0 Å². The highest BCUT2D eigenvalue weighted by Crippen LogP contribution is 2.12. The van der Waals surface area contributed by atoms with Crippen LogP contribution in [-0.4, -0.2) is 75.7 Å². The van der Waals surface area contributed by atoms with E-state index in [-0.39, 0.29) is 12.2 Å². The second kappa shape index (κ2) is 12.2. The van der Waals surface area contributed by atoms with Gasteiger partial charge in [-0.3, -0.25) is 24.0 Å². The van der Waals surface area contributed by atoms with E-state index in [0.29, 0.717) is 5.56 Å². The van der Waals surface area contributed by atoms with E-state index >= 15 is 0 Å². The van der Waals surface area contributed by atoms with Gasteiger partial charge in [0.25, 0.3) is 0 Å². The average molecular weight is 453 g/mol. The summed E-state index contributed by atoms with van der Waals surface area (Å²) >= 11 is 0. The number of rotatable bonds is 12. The van der Waals surface area contributed by atoms with Crippen LogP contribution in [0.4, 0.5) is 0 Å². The summed E-state index contributed by atoms with van der Waals surface area (Å²) in [4.78, 5) is 59.4. The predicted molar refractivity (Wildman–Crippen MR) is 110 cm³/mol. The van der Waals surface area contributed by atoms with Crippen molar-refractivity contribution in [3.05, 3.63) is 29.8 Å². The Balaban J connectivity index is 3.04. The normalized spacial score (nSPS) is 14.3. The number of phenols is 1. The summed E-state index contributed by atoms with van der Waals surface area (Å²) in [5.74, 6) is -4.97. The molecule has 0 fully saturated rings. The van der Waals surface area contributed by atoms with Crippen LogP contribution in [0.3, 0.4) is 0 Å². The number of nitrogens with two attached hydrogens (primary N) is 2. The lowest BCUT2D eigenvalue weighted by Gasteiger charge is -2.24. The SMILES string of the molecule is CC(O)C(N)C(=O)NC(CC(N)=O)C(=O)NC(Cc1ccc(O)cc1)C(=O)NCC(=O)O. The molecular formula is C19H27N5O8. The summed E-state index contributed by atoms with van der Waals surface area (Å²) in [5, 5.41) is 34.3. The summed E-state index contributed by atoms with van der Waals surface area (Å²) in [7, 11) is 0. The molecule has 1 aromatic carbocycles. The summed E-state index contributed by atoms with van der Waals surface area (Å²) < 4.78 is 0. The third-order valence-electron chi connectivity index (χ3n) is 4.28. The minimum Gasteiger partial charge on any atom is -0.508 e. The van der Waals surface area contributed by atoms with Gasteiger partial charge in [-0.1, -0.05) is 12.1 Å². The van der Waals surface area contributed by atoms with Crippen molar-refractivity contribution in [2.75, 3.05) is 6.54 Å². The number of nitrogens with one attached hydrogen (secondary N) is 3. The number of aliphatic hydroxyl groups excluding tert-OH is 1. The minimum absolute atomic E-state index is 0.0247. The number of aromatic hydroxyl groups is 1. The van der Waals surface area contributed by atoms with Crippen LogP contribution in [0.2, 0.25) is 0 Å². The van der Waals surface area contributed by atoms with Gasteiger partial charge in [-0.25, -0.2) is 0 Å². The first-order valence-corrected chi connectivity index (χ1v) is 9.50. The van der Waals surface area contributed by atoms with Crippen molar-refractivity contribution in [1.82, 2.24) is 16.0 Å². The van der Waals surface area contributed by atoms with Crippen LogP contribution >= 0.6 is 0 Å². The zero-order valence-electron chi connectivity index (χ0n) is 17.3. The molecule has 0 spiro atoms. The summed E-state index contributed by atoms with van der Waals surface area (Å²) in [6, 6.07) is 1.52. The maximum atomic E-state index is 12.7. The van der Waals surface area contributed by atoms with E-state index in [2.05, 4.69) is 16.0 Å². The van der Waals surface area contributed by atoms with Crippen molar-refractivity contribution < 1.29 is 39.3 Å². The molecule has 4 unspecified atom stereocenters. The fourth-order valence-electron chi connectivity index (χ4n) is 2.53. The Morgan fingerprint density at radius 1 is 0.969 bits per heavy atom. The second-order valence-corrected chi connectivity index (χ2v) is 7.04. The molecule has 0 bridgehead atoms. The van der Waals surface area contributed by atoms with Crippen molar-refractivity contribution in [3.63, 3.8) is 0 Å². The fourth-order valence-corrected chi connectivity index (χ4v) is 2.53. The highest BCUT2D eigenvalue weighted by atomic mass is 16.4. The van der Waals surface area contributed by atoms with Crippen molar-refractivity contribution in [1.29, 1.82) is 0 Å². The number of primary amides is 1. The Labute approximate surface area is 183 Å². The molecule has 176 valence electrons. The van der Waals surface area contributed by atoms with Crippen molar-refractivity contribution >= 4 is 29.6 Å². The lowest BCUT2D eigenvalue weighted by molar-refractivity contribution is -0.138. The third-order valence-corrected chi connectivity index (χ3v) is 4.28. The molecular weight excluding hydrogens is 426 g/mol. The van der Waals surface area contributed by atoms with Crippen LogP contribution in [0.25, 0.3) is 0 Å². The van der Waals surface area contributed by atoms with Crippen LogP contribution < -0.4 is 27.4 Å². The number of hydrogen-bond donors (Lipinski definition) is 8. The van der Waals surface area contributed by atoms with Gasteiger partial charge in [0.05, 0.1) is 12.5 Å². The molecule has 0 aliphatic carbocycles. The van der Waals surface area contributed by atoms with Crippen LogP contribution in [0.5, 0.6) is 5.75 Å². The topological polar surface area (TPSA) is 234 Å². The molecule has 0 aliphatic heterocycles. The largest absolute Gasteiger partial charge is 0.508 e. The number of carboxylic acids is 1. The van der Waals surface area contributed by atoms with Gasteiger partial charge in [-0.15, -0.1) is 0 Å². The lowest BCUT2D eigenvalue weighted by atomic mass is 10.0. The molecule has 13 nitrogen and oxygen atoms in total. The number of phenolic OH excluding ortho intramolecular Hbond substituents is 1. The molecule has 4 amide bonds. The first-order chi connectivity index (χ1) is 14.9. The summed E-state index contributed by atoms with van der Waals surface area (Å²) in [6.07, 6.45) is -1.95. The number of hydrogen-bond acceptors (Lipinski definition) is 8. The highest BCUT2D eigenvalue weighted by Gasteiger charge is 2.30. The molecule has 13 heteroatoms. The molecule has 0 heterocycles. The number of benzene rings is 1. The van der Waals surface area contributed by atoms with E-state index in [4.69, 9.17) is 16.6 Å². The number of carbonyl (C=O) groups is 5. The Bertz CT molecular complexity index is 843. The van der Waals surface area contributed by atoms with Gasteiger partial charge in [0.2, 0.25) is 23.6 Å². The number of aliphatic carboxylic acids is 1. The summed E-state index contributed by atoms with van der Waals surface area (Å²) in [5.41, 5.74) is 11.2. The van der Waals surface area contributed by atoms with E-state index < -0.39 is 66.8 Å². The van der Waals surface area contributed by atoms with Gasteiger partial charge in [0, 0.05) is 6.42 Å². The molecule has 32 heavy (non-hydrogen) atoms. The Morgan fingerprint density at radius 3 is 2.03 bits per heavy atom. The highest BCUT2D eigenvalue weighted by molar-refractivity contribution is 5.96. The van der Waals surface area contributed by atoms with Crippen LogP contribution in [0.15, 0.2) is 24.3 Å². The first kappa shape index (κ1) is 26.3. The van der Waals surface area contributed by atoms with Crippen LogP contribution in [0, 0.1) is 0 Å². The van der Waals surface area contributed by atoms with Gasteiger partial charge in [-0.05, 0) is 24.6 Å². The molecule has 0 saturated carbocycles. The quantitative estimate of drug-likeness (QED) is 0.158. The van der Waals surface area contributed by atoms with E-state index in [9.17, 15) is 34.2 Å². The van der Waals surface area contributed by atoms with Gasteiger partial charge < -0.3 is 42.7 Å². The average Bonchev–Trinajstić information content (AvgIpc) is 2.71. The van der Waals surface area contributed by atoms with Gasteiger partial charge >= 0.3 is 5.97 Å². The fraction of sp³-hybridized carbons (Fsp3) is 0.421. The van der Waals surface area contributed by atoms with Gasteiger partial charge in [0.1, 0.15) is 30.4 Å². The smallest absolute Gasteiger partial charge is 0.322 e. The number of amides is 4. The lowest BCUT2D eigenvalue weighted by Crippen LogP contribution is -2.58. The number of aliphatic hydroxyl groups is 1. The maximum Gasteiger partial charge on any atom is 0.322 e. The molecule has 1 aromatic rings. The molecule has 4 atom stereocenters. The Hall–Kier alpha value is -3.71. The monoisotopic (exact) mass is 453 g/mol. The predicted octanol–water partition coefficient (Wildman–Crippen LogP) is -3.31. The van der Waals surface area contributed by atoms with Crippen molar-refractivity contribution in [3.8, 4) is 5.75 Å². The zero-order valence-corrected chi connectivity index (χ0v) is 17.3. The van der Waals surface area contributed by atoms with Crippen molar-refractivity contribution in [2.24, 2.45) is 11.5 Å². The molecule has 1 rings (SSSR count). The maximum absolute atomic E-state index is 12.7. The molecule has 0 aliphatic rings. The Kier molecular flexibility index (Phi) is 10.1. The minimum atomic E-state index is -1.50. The van der Waals surface area contributed by atoms with Gasteiger partial charge in [-0.2, -0.15) is 0 Å². The van der Waals surface area contributed by atoms with Crippen LogP contribution in [0.1, 0.15) is 18.9 Å². The summed E-state index contributed by atoms with van der Waals surface area (Å²) in [6.45, 7) is 0.555. The molecule has 10 N–H and O–H groups in total. The third kappa shape index (κ3) is 8.97. The van der Waals surface area contributed by atoms with Gasteiger partial charge in [0.15, 0.2) is 0 Å². The zero-order chi connectivity index (χ0) is 24.4. The second-order valence-electron chi connectivity index (χ2n) is 7.04.